The molecule has 2 heterocycles. The first-order chi connectivity index (χ1) is 9.06. The minimum Gasteiger partial charge on any atom is -0.399 e. The van der Waals surface area contributed by atoms with Crippen LogP contribution in [0.3, 0.4) is 0 Å². The van der Waals surface area contributed by atoms with Gasteiger partial charge >= 0.3 is 0 Å². The number of hydrogen-bond donors (Lipinski definition) is 2. The number of amides is 1. The number of nitrogens with two attached hydrogens (primary N) is 1. The summed E-state index contributed by atoms with van der Waals surface area (Å²) in [5.74, 6) is -0.0849. The molecular formula is C12H14N4O2S. The van der Waals surface area contributed by atoms with E-state index >= 15 is 0 Å². The Morgan fingerprint density at radius 3 is 3.00 bits per heavy atom. The number of anilines is 1. The second-order valence-electron chi connectivity index (χ2n) is 4.65. The van der Waals surface area contributed by atoms with Gasteiger partial charge in [-0.3, -0.25) is 9.00 Å². The van der Waals surface area contributed by atoms with Gasteiger partial charge < -0.3 is 15.6 Å². The first kappa shape index (κ1) is 12.2. The van der Waals surface area contributed by atoms with Gasteiger partial charge in [0.05, 0.1) is 11.0 Å². The third kappa shape index (κ3) is 1.99. The maximum Gasteiger partial charge on any atom is 0.238 e. The number of nitrogen functional groups attached to an aromatic ring is 1. The van der Waals surface area contributed by atoms with Crippen molar-refractivity contribution in [3.63, 3.8) is 0 Å². The quantitative estimate of drug-likeness (QED) is 0.782. The second-order valence-corrected chi connectivity index (χ2v) is 6.20. The largest absolute Gasteiger partial charge is 0.399 e. The predicted octanol–water partition coefficient (Wildman–Crippen LogP) is 0.483. The van der Waals surface area contributed by atoms with Crippen LogP contribution in [-0.2, 0) is 15.6 Å². The molecule has 19 heavy (non-hydrogen) atoms. The van der Waals surface area contributed by atoms with Gasteiger partial charge in [0.1, 0.15) is 16.0 Å². The van der Waals surface area contributed by atoms with Crippen LogP contribution in [-0.4, -0.2) is 43.8 Å². The molecule has 2 unspecified atom stereocenters. The third-order valence-electron chi connectivity index (χ3n) is 3.31. The Morgan fingerprint density at radius 1 is 1.53 bits per heavy atom. The van der Waals surface area contributed by atoms with Crippen molar-refractivity contribution in [2.24, 2.45) is 0 Å². The normalized spacial score (nSPS) is 21.2. The fourth-order valence-electron chi connectivity index (χ4n) is 2.22. The van der Waals surface area contributed by atoms with Gasteiger partial charge in [0.25, 0.3) is 0 Å². The molecule has 3 rings (SSSR count). The van der Waals surface area contributed by atoms with E-state index in [0.717, 1.165) is 5.52 Å². The summed E-state index contributed by atoms with van der Waals surface area (Å²) in [5, 5.41) is -0.155. The number of hydrogen-bond acceptors (Lipinski definition) is 4. The van der Waals surface area contributed by atoms with Crippen molar-refractivity contribution < 1.29 is 9.00 Å². The number of fused-ring (bicyclic) bond motifs is 1. The number of H-pyrrole nitrogens is 1. The van der Waals surface area contributed by atoms with Crippen LogP contribution in [0.25, 0.3) is 11.0 Å². The number of nitrogens with one attached hydrogen (secondary N) is 1. The molecule has 7 heteroatoms. The van der Waals surface area contributed by atoms with E-state index in [4.69, 9.17) is 5.73 Å². The third-order valence-corrected chi connectivity index (χ3v) is 4.84. The molecule has 1 aromatic carbocycles. The highest BCUT2D eigenvalue weighted by Gasteiger charge is 2.35. The summed E-state index contributed by atoms with van der Waals surface area (Å²) >= 11 is 0. The van der Waals surface area contributed by atoms with Crippen molar-refractivity contribution >= 4 is 33.4 Å². The SMILES string of the molecule is CN1CCC(S(=O)c2nc3ccc(N)cc3[nH]2)C1=O. The van der Waals surface area contributed by atoms with Crippen LogP contribution in [0.4, 0.5) is 5.69 Å². The van der Waals surface area contributed by atoms with E-state index in [2.05, 4.69) is 9.97 Å². The molecule has 1 amide bonds. The fourth-order valence-corrected chi connectivity index (χ4v) is 3.57. The Balaban J connectivity index is 1.96. The number of carbonyl (C=O) groups is 1. The van der Waals surface area contributed by atoms with E-state index in [1.54, 1.807) is 30.1 Å². The molecule has 0 saturated carbocycles. The Kier molecular flexibility index (Phi) is 2.78. The minimum atomic E-state index is -1.45. The summed E-state index contributed by atoms with van der Waals surface area (Å²) in [5.41, 5.74) is 7.75. The minimum absolute atomic E-state index is 0.0849. The number of aromatic nitrogens is 2. The number of aromatic amines is 1. The van der Waals surface area contributed by atoms with E-state index in [9.17, 15) is 9.00 Å². The molecule has 1 aromatic heterocycles. The maximum atomic E-state index is 12.4. The van der Waals surface area contributed by atoms with Crippen LogP contribution >= 0.6 is 0 Å². The van der Waals surface area contributed by atoms with E-state index in [-0.39, 0.29) is 5.91 Å². The lowest BCUT2D eigenvalue weighted by Gasteiger charge is -2.08. The van der Waals surface area contributed by atoms with Crippen molar-refractivity contribution in [2.75, 3.05) is 19.3 Å². The molecule has 0 aliphatic carbocycles. The summed E-state index contributed by atoms with van der Waals surface area (Å²) in [4.78, 5) is 20.7. The Morgan fingerprint density at radius 2 is 2.32 bits per heavy atom. The summed E-state index contributed by atoms with van der Waals surface area (Å²) < 4.78 is 12.4. The van der Waals surface area contributed by atoms with Crippen molar-refractivity contribution in [3.05, 3.63) is 18.2 Å². The standard InChI is InChI=1S/C12H14N4O2S/c1-16-5-4-10(11(16)17)19(18)12-14-8-3-2-7(13)6-9(8)15-12/h2-3,6,10H,4-5,13H2,1H3,(H,14,15). The van der Waals surface area contributed by atoms with E-state index in [1.165, 1.54) is 0 Å². The molecule has 1 aliphatic heterocycles. The van der Waals surface area contributed by atoms with Crippen molar-refractivity contribution in [1.29, 1.82) is 0 Å². The molecular weight excluding hydrogens is 264 g/mol. The topological polar surface area (TPSA) is 92.1 Å². The molecule has 0 spiro atoms. The summed E-state index contributed by atoms with van der Waals surface area (Å²) in [7, 11) is 0.274. The number of likely N-dealkylation sites (tertiary alicyclic amines) is 1. The fraction of sp³-hybridized carbons (Fsp3) is 0.333. The molecule has 6 nitrogen and oxygen atoms in total. The van der Waals surface area contributed by atoms with Gasteiger partial charge in [0.2, 0.25) is 5.91 Å². The smallest absolute Gasteiger partial charge is 0.238 e. The lowest BCUT2D eigenvalue weighted by atomic mass is 10.3. The molecule has 0 radical (unpaired) electrons. The number of imidazole rings is 1. The van der Waals surface area contributed by atoms with Gasteiger partial charge in [-0.05, 0) is 24.6 Å². The van der Waals surface area contributed by atoms with Gasteiger partial charge in [0.15, 0.2) is 5.16 Å². The molecule has 100 valence electrons. The number of nitrogens with zero attached hydrogens (tertiary/aromatic N) is 2. The van der Waals surface area contributed by atoms with E-state index in [0.29, 0.717) is 29.3 Å². The highest BCUT2D eigenvalue weighted by atomic mass is 32.2. The molecule has 1 aliphatic rings. The Labute approximate surface area is 112 Å². The van der Waals surface area contributed by atoms with Crippen LogP contribution < -0.4 is 5.73 Å². The Hall–Kier alpha value is -1.89. The van der Waals surface area contributed by atoms with Crippen molar-refractivity contribution in [3.8, 4) is 0 Å². The van der Waals surface area contributed by atoms with E-state index in [1.807, 2.05) is 0 Å². The van der Waals surface area contributed by atoms with Crippen LogP contribution in [0.2, 0.25) is 0 Å². The summed E-state index contributed by atoms with van der Waals surface area (Å²) in [6, 6.07) is 5.25. The van der Waals surface area contributed by atoms with Crippen LogP contribution in [0.5, 0.6) is 0 Å². The second kappa shape index (κ2) is 4.34. The van der Waals surface area contributed by atoms with E-state index < -0.39 is 16.0 Å². The van der Waals surface area contributed by atoms with Gasteiger partial charge in [0, 0.05) is 19.3 Å². The predicted molar refractivity (Wildman–Crippen MR) is 73.0 cm³/mol. The van der Waals surface area contributed by atoms with Gasteiger partial charge in [-0.15, -0.1) is 0 Å². The molecule has 2 aromatic rings. The average molecular weight is 278 g/mol. The molecule has 0 bridgehead atoms. The van der Waals surface area contributed by atoms with Crippen molar-refractivity contribution in [2.45, 2.75) is 16.8 Å². The van der Waals surface area contributed by atoms with Crippen LogP contribution in [0, 0.1) is 0 Å². The molecule has 1 fully saturated rings. The molecule has 1 saturated heterocycles. The Bertz CT molecular complexity index is 681. The summed E-state index contributed by atoms with van der Waals surface area (Å²) in [6.07, 6.45) is 0.598. The number of benzene rings is 1. The van der Waals surface area contributed by atoms with Crippen molar-refractivity contribution in [1.82, 2.24) is 14.9 Å². The lowest BCUT2D eigenvalue weighted by Crippen LogP contribution is -2.28. The zero-order valence-electron chi connectivity index (χ0n) is 10.4. The zero-order chi connectivity index (χ0) is 13.6. The van der Waals surface area contributed by atoms with Gasteiger partial charge in [-0.25, -0.2) is 4.98 Å². The van der Waals surface area contributed by atoms with Crippen LogP contribution in [0.1, 0.15) is 6.42 Å². The monoisotopic (exact) mass is 278 g/mol. The molecule has 2 atom stereocenters. The first-order valence-electron chi connectivity index (χ1n) is 5.97. The molecule has 3 N–H and O–H groups in total. The zero-order valence-corrected chi connectivity index (χ0v) is 11.2. The van der Waals surface area contributed by atoms with Gasteiger partial charge in [-0.2, -0.15) is 0 Å². The average Bonchev–Trinajstić information content (AvgIpc) is 2.93. The number of rotatable bonds is 2. The lowest BCUT2D eigenvalue weighted by molar-refractivity contribution is -0.126. The number of carbonyl (C=O) groups excluding carboxylic acids is 1. The van der Waals surface area contributed by atoms with Crippen LogP contribution in [0.15, 0.2) is 23.4 Å². The highest BCUT2D eigenvalue weighted by molar-refractivity contribution is 7.86. The van der Waals surface area contributed by atoms with Gasteiger partial charge in [-0.1, -0.05) is 0 Å². The summed E-state index contributed by atoms with van der Waals surface area (Å²) in [6.45, 7) is 0.641. The maximum absolute atomic E-state index is 12.4. The first-order valence-corrected chi connectivity index (χ1v) is 7.18. The highest BCUT2D eigenvalue weighted by Crippen LogP contribution is 2.22.